The molecule has 0 unspecified atom stereocenters. The zero-order valence-electron chi connectivity index (χ0n) is 7.84. The molecule has 0 saturated heterocycles. The number of rotatable bonds is 2. The van der Waals surface area contributed by atoms with Crippen molar-refractivity contribution < 1.29 is 18.7 Å². The molecule has 0 heterocycles. The van der Waals surface area contributed by atoms with Gasteiger partial charge in [-0.3, -0.25) is 4.79 Å². The molecule has 1 aromatic rings. The largest absolute Gasteiger partial charge is 0.507 e. The van der Waals surface area contributed by atoms with Crippen LogP contribution < -0.4 is 0 Å². The van der Waals surface area contributed by atoms with Gasteiger partial charge < -0.3 is 5.11 Å². The van der Waals surface area contributed by atoms with E-state index in [-0.39, 0.29) is 16.9 Å². The number of halogens is 2. The van der Waals surface area contributed by atoms with Crippen molar-refractivity contribution in [2.45, 2.75) is 20.3 Å². The first-order valence-electron chi connectivity index (χ1n) is 4.06. The first kappa shape index (κ1) is 10.6. The van der Waals surface area contributed by atoms with Gasteiger partial charge in [-0.2, -0.15) is 0 Å². The summed E-state index contributed by atoms with van der Waals surface area (Å²) < 4.78 is 24.7. The third-order valence-corrected chi connectivity index (χ3v) is 2.00. The van der Waals surface area contributed by atoms with Crippen LogP contribution in [0.1, 0.15) is 34.8 Å². The van der Waals surface area contributed by atoms with E-state index in [0.29, 0.717) is 5.56 Å². The topological polar surface area (TPSA) is 37.3 Å². The number of hydrogen-bond acceptors (Lipinski definition) is 2. The number of ketones is 1. The van der Waals surface area contributed by atoms with Gasteiger partial charge in [0.1, 0.15) is 5.75 Å². The van der Waals surface area contributed by atoms with Gasteiger partial charge in [0.05, 0.1) is 5.56 Å². The molecule has 2 nitrogen and oxygen atoms in total. The van der Waals surface area contributed by atoms with Crippen LogP contribution in [0.3, 0.4) is 0 Å². The maximum atomic E-state index is 12.3. The second-order valence-corrected chi connectivity index (χ2v) is 3.08. The molecule has 1 N–H and O–H groups in total. The zero-order chi connectivity index (χ0) is 10.9. The van der Waals surface area contributed by atoms with Crippen molar-refractivity contribution in [1.29, 1.82) is 0 Å². The fraction of sp³-hybridized carbons (Fsp3) is 0.300. The quantitative estimate of drug-likeness (QED) is 0.745. The van der Waals surface area contributed by atoms with Gasteiger partial charge in [0, 0.05) is 5.56 Å². The van der Waals surface area contributed by atoms with E-state index in [1.807, 2.05) is 0 Å². The molecule has 0 radical (unpaired) electrons. The van der Waals surface area contributed by atoms with Crippen molar-refractivity contribution in [3.05, 3.63) is 28.8 Å². The first-order valence-corrected chi connectivity index (χ1v) is 4.06. The standard InChI is InChI=1S/C10H10F2O2/c1-5-3-8(6(2)13)9(14)4-7(5)10(11)12/h3-4,10,14H,1-2H3. The van der Waals surface area contributed by atoms with E-state index >= 15 is 0 Å². The molecule has 4 heteroatoms. The molecular formula is C10H10F2O2. The predicted octanol–water partition coefficient (Wildman–Crippen LogP) is 2.84. The minimum Gasteiger partial charge on any atom is -0.507 e. The number of phenolic OH excluding ortho intramolecular Hbond substituents is 1. The Morgan fingerprint density at radius 2 is 2.00 bits per heavy atom. The lowest BCUT2D eigenvalue weighted by molar-refractivity contribution is 0.101. The van der Waals surface area contributed by atoms with Crippen LogP contribution in [0, 0.1) is 6.92 Å². The normalized spacial score (nSPS) is 10.6. The Labute approximate surface area is 80.2 Å². The average Bonchev–Trinajstić information content (AvgIpc) is 2.07. The van der Waals surface area contributed by atoms with Crippen LogP contribution in [0.25, 0.3) is 0 Å². The van der Waals surface area contributed by atoms with E-state index < -0.39 is 12.2 Å². The first-order chi connectivity index (χ1) is 6.43. The highest BCUT2D eigenvalue weighted by Crippen LogP contribution is 2.29. The van der Waals surface area contributed by atoms with Crippen LogP contribution in [0.2, 0.25) is 0 Å². The van der Waals surface area contributed by atoms with Gasteiger partial charge in [0.2, 0.25) is 0 Å². The smallest absolute Gasteiger partial charge is 0.264 e. The van der Waals surface area contributed by atoms with E-state index in [1.165, 1.54) is 19.9 Å². The lowest BCUT2D eigenvalue weighted by Crippen LogP contribution is -1.97. The lowest BCUT2D eigenvalue weighted by Gasteiger charge is -2.08. The van der Waals surface area contributed by atoms with Crippen molar-refractivity contribution >= 4 is 5.78 Å². The average molecular weight is 200 g/mol. The summed E-state index contributed by atoms with van der Waals surface area (Å²) in [4.78, 5) is 11.0. The maximum absolute atomic E-state index is 12.3. The Hall–Kier alpha value is -1.45. The number of hydrogen-bond donors (Lipinski definition) is 1. The third-order valence-electron chi connectivity index (χ3n) is 2.00. The van der Waals surface area contributed by atoms with Gasteiger partial charge >= 0.3 is 0 Å². The molecule has 0 aromatic heterocycles. The van der Waals surface area contributed by atoms with E-state index in [0.717, 1.165) is 6.07 Å². The molecule has 0 amide bonds. The van der Waals surface area contributed by atoms with Gasteiger partial charge in [0.15, 0.2) is 5.78 Å². The van der Waals surface area contributed by atoms with Crippen LogP contribution in [0.5, 0.6) is 5.75 Å². The summed E-state index contributed by atoms with van der Waals surface area (Å²) in [5, 5.41) is 9.28. The fourth-order valence-electron chi connectivity index (χ4n) is 1.23. The molecule has 0 aliphatic carbocycles. The van der Waals surface area contributed by atoms with Crippen molar-refractivity contribution in [3.8, 4) is 5.75 Å². The van der Waals surface area contributed by atoms with Crippen molar-refractivity contribution in [2.24, 2.45) is 0 Å². The molecule has 1 rings (SSSR count). The molecular weight excluding hydrogens is 190 g/mol. The molecule has 0 fully saturated rings. The van der Waals surface area contributed by atoms with Crippen LogP contribution in [0.15, 0.2) is 12.1 Å². The molecule has 0 bridgehead atoms. The maximum Gasteiger partial charge on any atom is 0.264 e. The number of carbonyl (C=O) groups is 1. The summed E-state index contributed by atoms with van der Waals surface area (Å²) in [6, 6.07) is 2.22. The Morgan fingerprint density at radius 3 is 2.43 bits per heavy atom. The van der Waals surface area contributed by atoms with Crippen LogP contribution in [-0.2, 0) is 0 Å². The molecule has 1 aromatic carbocycles. The highest BCUT2D eigenvalue weighted by Gasteiger charge is 2.15. The summed E-state index contributed by atoms with van der Waals surface area (Å²) in [6.07, 6.45) is -2.64. The van der Waals surface area contributed by atoms with Crippen LogP contribution >= 0.6 is 0 Å². The minimum absolute atomic E-state index is 0.0758. The fourth-order valence-corrected chi connectivity index (χ4v) is 1.23. The molecule has 0 aliphatic heterocycles. The Bertz CT molecular complexity index is 373. The molecule has 0 saturated carbocycles. The number of phenols is 1. The van der Waals surface area contributed by atoms with Crippen molar-refractivity contribution in [1.82, 2.24) is 0 Å². The Kier molecular flexibility index (Phi) is 2.84. The Morgan fingerprint density at radius 1 is 1.43 bits per heavy atom. The Balaban J connectivity index is 3.31. The number of alkyl halides is 2. The lowest BCUT2D eigenvalue weighted by atomic mass is 10.0. The van der Waals surface area contributed by atoms with E-state index in [1.54, 1.807) is 0 Å². The van der Waals surface area contributed by atoms with Crippen LogP contribution in [-0.4, -0.2) is 10.9 Å². The van der Waals surface area contributed by atoms with Crippen LogP contribution in [0.4, 0.5) is 8.78 Å². The summed E-state index contributed by atoms with van der Waals surface area (Å²) in [5.74, 6) is -0.732. The minimum atomic E-state index is -2.64. The van der Waals surface area contributed by atoms with Gasteiger partial charge in [-0.1, -0.05) is 0 Å². The molecule has 76 valence electrons. The van der Waals surface area contributed by atoms with E-state index in [9.17, 15) is 18.7 Å². The number of carbonyl (C=O) groups excluding carboxylic acids is 1. The monoisotopic (exact) mass is 200 g/mol. The summed E-state index contributed by atoms with van der Waals surface area (Å²) in [7, 11) is 0. The number of Topliss-reactive ketones (excluding diaryl/α,β-unsaturated/α-hetero) is 1. The van der Waals surface area contributed by atoms with Crippen molar-refractivity contribution in [3.63, 3.8) is 0 Å². The predicted molar refractivity (Wildman–Crippen MR) is 47.8 cm³/mol. The molecule has 0 aliphatic rings. The third kappa shape index (κ3) is 1.89. The molecule has 0 spiro atoms. The summed E-state index contributed by atoms with van der Waals surface area (Å²) in [6.45, 7) is 2.75. The molecule has 0 atom stereocenters. The summed E-state index contributed by atoms with van der Waals surface area (Å²) in [5.41, 5.74) is 0.141. The SMILES string of the molecule is CC(=O)c1cc(C)c(C(F)F)cc1O. The second-order valence-electron chi connectivity index (χ2n) is 3.08. The molecule has 14 heavy (non-hydrogen) atoms. The summed E-state index contributed by atoms with van der Waals surface area (Å²) >= 11 is 0. The van der Waals surface area contributed by atoms with Gasteiger partial charge in [0.25, 0.3) is 6.43 Å². The van der Waals surface area contributed by atoms with Gasteiger partial charge in [-0.15, -0.1) is 0 Å². The van der Waals surface area contributed by atoms with Gasteiger partial charge in [-0.25, -0.2) is 8.78 Å². The van der Waals surface area contributed by atoms with Crippen molar-refractivity contribution in [2.75, 3.05) is 0 Å². The zero-order valence-corrected chi connectivity index (χ0v) is 7.84. The number of aromatic hydroxyl groups is 1. The second kappa shape index (κ2) is 3.74. The number of aryl methyl sites for hydroxylation is 1. The number of benzene rings is 1. The van der Waals surface area contributed by atoms with Gasteiger partial charge in [-0.05, 0) is 31.5 Å². The van der Waals surface area contributed by atoms with E-state index in [4.69, 9.17) is 0 Å². The highest BCUT2D eigenvalue weighted by atomic mass is 19.3. The highest BCUT2D eigenvalue weighted by molar-refractivity contribution is 5.97. The van der Waals surface area contributed by atoms with E-state index in [2.05, 4.69) is 0 Å².